The average molecular weight is 396 g/mol. The first-order valence-corrected chi connectivity index (χ1v) is 10.6. The molecule has 1 fully saturated rings. The lowest BCUT2D eigenvalue weighted by atomic mass is 9.89. The first-order valence-electron chi connectivity index (χ1n) is 10.3. The third-order valence-electron chi connectivity index (χ3n) is 6.32. The fourth-order valence-corrected chi connectivity index (χ4v) is 5.19. The molecule has 0 aliphatic carbocycles. The molecule has 0 spiro atoms. The fraction of sp³-hybridized carbons (Fsp3) is 0.435. The molecular formula is C23H26ClN3O. The highest BCUT2D eigenvalue weighted by Gasteiger charge is 2.25. The molecule has 0 unspecified atom stereocenters. The van der Waals surface area contributed by atoms with E-state index in [1.807, 2.05) is 12.1 Å². The van der Waals surface area contributed by atoms with Crippen molar-refractivity contribution in [3.8, 4) is 5.75 Å². The molecule has 2 aromatic carbocycles. The van der Waals surface area contributed by atoms with Crippen LogP contribution in [0.5, 0.6) is 5.75 Å². The topological polar surface area (TPSA) is 30.3 Å². The van der Waals surface area contributed by atoms with Crippen LogP contribution in [0.15, 0.2) is 36.4 Å². The Kier molecular flexibility index (Phi) is 4.77. The van der Waals surface area contributed by atoms with Gasteiger partial charge in [0.15, 0.2) is 0 Å². The molecule has 5 heteroatoms. The highest BCUT2D eigenvalue weighted by molar-refractivity contribution is 6.31. The molecule has 0 N–H and O–H groups in total. The van der Waals surface area contributed by atoms with Gasteiger partial charge in [0.25, 0.3) is 0 Å². The number of likely N-dealkylation sites (tertiary alicyclic amines) is 1. The number of ether oxygens (including phenoxy) is 1. The van der Waals surface area contributed by atoms with Crippen LogP contribution in [-0.4, -0.2) is 34.7 Å². The third-order valence-corrected chi connectivity index (χ3v) is 6.54. The number of imidazole rings is 1. The number of para-hydroxylation sites is 1. The lowest BCUT2D eigenvalue weighted by molar-refractivity contribution is 0.196. The van der Waals surface area contributed by atoms with Crippen molar-refractivity contribution in [2.75, 3.05) is 20.2 Å². The monoisotopic (exact) mass is 395 g/mol. The largest absolute Gasteiger partial charge is 0.496 e. The van der Waals surface area contributed by atoms with E-state index in [0.29, 0.717) is 5.92 Å². The van der Waals surface area contributed by atoms with Crippen molar-refractivity contribution in [3.05, 3.63) is 58.4 Å². The van der Waals surface area contributed by atoms with Crippen molar-refractivity contribution in [2.45, 2.75) is 44.7 Å². The summed E-state index contributed by atoms with van der Waals surface area (Å²) in [6, 6.07) is 12.6. The Labute approximate surface area is 171 Å². The van der Waals surface area contributed by atoms with Crippen LogP contribution in [0.3, 0.4) is 0 Å². The van der Waals surface area contributed by atoms with Crippen molar-refractivity contribution in [1.82, 2.24) is 14.5 Å². The molecule has 0 atom stereocenters. The van der Waals surface area contributed by atoms with Gasteiger partial charge in [-0.05, 0) is 74.0 Å². The quantitative estimate of drug-likeness (QED) is 0.621. The zero-order valence-electron chi connectivity index (χ0n) is 16.3. The summed E-state index contributed by atoms with van der Waals surface area (Å²) in [5, 5.41) is 0.804. The Morgan fingerprint density at radius 3 is 2.79 bits per heavy atom. The number of aryl methyl sites for hydroxylation is 2. The van der Waals surface area contributed by atoms with Gasteiger partial charge in [-0.2, -0.15) is 0 Å². The highest BCUT2D eigenvalue weighted by Crippen LogP contribution is 2.35. The SMILES string of the molecule is COc1ccccc1C1CCN(Cc2nc3cc(Cl)cc4c3n2CCC4)CC1. The van der Waals surface area contributed by atoms with Gasteiger partial charge in [0.1, 0.15) is 11.6 Å². The van der Waals surface area contributed by atoms with Gasteiger partial charge in [-0.25, -0.2) is 4.98 Å². The number of benzene rings is 2. The Morgan fingerprint density at radius 2 is 1.96 bits per heavy atom. The van der Waals surface area contributed by atoms with E-state index in [-0.39, 0.29) is 0 Å². The average Bonchev–Trinajstić information content (AvgIpc) is 3.07. The van der Waals surface area contributed by atoms with Gasteiger partial charge in [-0.3, -0.25) is 4.90 Å². The lowest BCUT2D eigenvalue weighted by Gasteiger charge is -2.32. The van der Waals surface area contributed by atoms with Crippen LogP contribution in [0.25, 0.3) is 11.0 Å². The molecule has 4 nitrogen and oxygen atoms in total. The maximum atomic E-state index is 6.31. The van der Waals surface area contributed by atoms with Gasteiger partial charge in [0, 0.05) is 11.6 Å². The smallest absolute Gasteiger partial charge is 0.124 e. The van der Waals surface area contributed by atoms with Crippen LogP contribution in [-0.2, 0) is 19.5 Å². The van der Waals surface area contributed by atoms with Gasteiger partial charge >= 0.3 is 0 Å². The van der Waals surface area contributed by atoms with Crippen LogP contribution < -0.4 is 4.74 Å². The molecule has 28 heavy (non-hydrogen) atoms. The van der Waals surface area contributed by atoms with Crippen molar-refractivity contribution in [3.63, 3.8) is 0 Å². The number of piperidine rings is 1. The van der Waals surface area contributed by atoms with Gasteiger partial charge < -0.3 is 9.30 Å². The maximum Gasteiger partial charge on any atom is 0.124 e. The predicted molar refractivity (Wildman–Crippen MR) is 113 cm³/mol. The second-order valence-electron chi connectivity index (χ2n) is 8.01. The zero-order valence-corrected chi connectivity index (χ0v) is 17.1. The molecule has 146 valence electrons. The predicted octanol–water partition coefficient (Wildman–Crippen LogP) is 5.02. The van der Waals surface area contributed by atoms with Crippen molar-refractivity contribution < 1.29 is 4.74 Å². The summed E-state index contributed by atoms with van der Waals surface area (Å²) in [6.07, 6.45) is 4.60. The molecule has 0 bridgehead atoms. The minimum absolute atomic E-state index is 0.579. The second kappa shape index (κ2) is 7.41. The van der Waals surface area contributed by atoms with Crippen LogP contribution in [0, 0.1) is 0 Å². The number of halogens is 1. The molecular weight excluding hydrogens is 370 g/mol. The van der Waals surface area contributed by atoms with Crippen LogP contribution >= 0.6 is 11.6 Å². The zero-order chi connectivity index (χ0) is 19.1. The summed E-state index contributed by atoms with van der Waals surface area (Å²) in [4.78, 5) is 7.51. The van der Waals surface area contributed by atoms with E-state index in [0.717, 1.165) is 61.7 Å². The Balaban J connectivity index is 1.33. The molecule has 3 aromatic rings. The molecule has 2 aliphatic rings. The number of nitrogens with zero attached hydrogens (tertiary/aromatic N) is 3. The second-order valence-corrected chi connectivity index (χ2v) is 8.44. The molecule has 2 aliphatic heterocycles. The summed E-state index contributed by atoms with van der Waals surface area (Å²) in [5.41, 5.74) is 5.06. The highest BCUT2D eigenvalue weighted by atomic mass is 35.5. The Morgan fingerprint density at radius 1 is 1.14 bits per heavy atom. The summed E-state index contributed by atoms with van der Waals surface area (Å²) in [7, 11) is 1.77. The Bertz CT molecular complexity index is 1000. The van der Waals surface area contributed by atoms with E-state index in [2.05, 4.69) is 33.7 Å². The molecule has 0 amide bonds. The summed E-state index contributed by atoms with van der Waals surface area (Å²) < 4.78 is 8.00. The van der Waals surface area contributed by atoms with Gasteiger partial charge in [0.2, 0.25) is 0 Å². The van der Waals surface area contributed by atoms with Crippen molar-refractivity contribution in [1.29, 1.82) is 0 Å². The van der Waals surface area contributed by atoms with Gasteiger partial charge in [0.05, 0.1) is 24.7 Å². The number of hydrogen-bond donors (Lipinski definition) is 0. The first kappa shape index (κ1) is 18.0. The van der Waals surface area contributed by atoms with E-state index in [4.69, 9.17) is 21.3 Å². The number of hydrogen-bond acceptors (Lipinski definition) is 3. The molecule has 0 saturated carbocycles. The number of methoxy groups -OCH3 is 1. The van der Waals surface area contributed by atoms with E-state index >= 15 is 0 Å². The number of aromatic nitrogens is 2. The summed E-state index contributed by atoms with van der Waals surface area (Å²) >= 11 is 6.31. The summed E-state index contributed by atoms with van der Waals surface area (Å²) in [6.45, 7) is 4.18. The van der Waals surface area contributed by atoms with Gasteiger partial charge in [-0.1, -0.05) is 29.8 Å². The van der Waals surface area contributed by atoms with Crippen molar-refractivity contribution >= 4 is 22.6 Å². The minimum Gasteiger partial charge on any atom is -0.496 e. The van der Waals surface area contributed by atoms with E-state index < -0.39 is 0 Å². The molecule has 0 radical (unpaired) electrons. The molecule has 3 heterocycles. The molecule has 1 saturated heterocycles. The fourth-order valence-electron chi connectivity index (χ4n) is 4.95. The van der Waals surface area contributed by atoms with Gasteiger partial charge in [-0.15, -0.1) is 0 Å². The normalized spacial score (nSPS) is 17.9. The molecule has 1 aromatic heterocycles. The maximum absolute atomic E-state index is 6.31. The Hall–Kier alpha value is -2.04. The number of rotatable bonds is 4. The summed E-state index contributed by atoms with van der Waals surface area (Å²) in [5.74, 6) is 2.79. The minimum atomic E-state index is 0.579. The standard InChI is InChI=1S/C23H26ClN3O/c1-28-21-7-3-2-6-19(21)16-8-11-26(12-9-16)15-22-25-20-14-18(24)13-17-5-4-10-27(22)23(17)20/h2-3,6-7,13-14,16H,4-5,8-12,15H2,1H3. The molecule has 5 rings (SSSR count). The first-order chi connectivity index (χ1) is 13.7. The van der Waals surface area contributed by atoms with Crippen LogP contribution in [0.4, 0.5) is 0 Å². The van der Waals surface area contributed by atoms with Crippen LogP contribution in [0.2, 0.25) is 5.02 Å². The van der Waals surface area contributed by atoms with E-state index in [1.54, 1.807) is 7.11 Å². The van der Waals surface area contributed by atoms with Crippen molar-refractivity contribution in [2.24, 2.45) is 0 Å². The third kappa shape index (κ3) is 3.19. The van der Waals surface area contributed by atoms with E-state index in [1.165, 1.54) is 28.9 Å². The lowest BCUT2D eigenvalue weighted by Crippen LogP contribution is -2.33. The van der Waals surface area contributed by atoms with E-state index in [9.17, 15) is 0 Å². The van der Waals surface area contributed by atoms with Crippen LogP contribution in [0.1, 0.15) is 42.1 Å².